The van der Waals surface area contributed by atoms with Crippen molar-refractivity contribution in [3.05, 3.63) is 98.4 Å². The Hall–Kier alpha value is -3.31. The van der Waals surface area contributed by atoms with Crippen molar-refractivity contribution in [2.24, 2.45) is 0 Å². The zero-order valence-electron chi connectivity index (χ0n) is 18.4. The van der Waals surface area contributed by atoms with Crippen molar-refractivity contribution in [2.75, 3.05) is 0 Å². The van der Waals surface area contributed by atoms with Gasteiger partial charge in [0.2, 0.25) is 21.7 Å². The van der Waals surface area contributed by atoms with E-state index in [1.165, 1.54) is 12.1 Å². The maximum Gasteiger partial charge on any atom is 0.308 e. The molecule has 2 heterocycles. The minimum absolute atomic E-state index is 0.0446. The third-order valence-corrected chi connectivity index (χ3v) is 7.99. The van der Waals surface area contributed by atoms with Crippen molar-refractivity contribution >= 4 is 43.2 Å². The minimum atomic E-state index is -3.88. The summed E-state index contributed by atoms with van der Waals surface area (Å²) >= 11 is 6.93. The number of rotatable bonds is 7. The SMILES string of the molecule is Cc1ccc(-c2noc(CNS(=O)(=O)c3ccc4c(c3)sc(=O)n4Cc3ccc(Cl)cc3)n2)cc1. The van der Waals surface area contributed by atoms with E-state index in [1.807, 2.05) is 43.3 Å². The fraction of sp³-hybridized carbons (Fsp3) is 0.125. The largest absolute Gasteiger partial charge is 0.338 e. The van der Waals surface area contributed by atoms with E-state index in [1.54, 1.807) is 22.8 Å². The molecule has 0 radical (unpaired) electrons. The average molecular weight is 527 g/mol. The molecule has 11 heteroatoms. The molecule has 0 fully saturated rings. The highest BCUT2D eigenvalue weighted by Crippen LogP contribution is 2.23. The molecule has 0 amide bonds. The summed E-state index contributed by atoms with van der Waals surface area (Å²) in [5.74, 6) is 0.524. The summed E-state index contributed by atoms with van der Waals surface area (Å²) in [6.07, 6.45) is 0. The highest BCUT2D eigenvalue weighted by atomic mass is 35.5. The lowest BCUT2D eigenvalue weighted by atomic mass is 10.1. The van der Waals surface area contributed by atoms with E-state index in [-0.39, 0.29) is 22.2 Å². The van der Waals surface area contributed by atoms with Crippen LogP contribution in [0, 0.1) is 6.92 Å². The number of halogens is 1. The van der Waals surface area contributed by atoms with Gasteiger partial charge in [-0.15, -0.1) is 0 Å². The van der Waals surface area contributed by atoms with Crippen LogP contribution >= 0.6 is 22.9 Å². The molecule has 0 saturated carbocycles. The van der Waals surface area contributed by atoms with E-state index in [2.05, 4.69) is 14.9 Å². The summed E-state index contributed by atoms with van der Waals surface area (Å²) in [5, 5.41) is 4.53. The third kappa shape index (κ3) is 5.06. The smallest absolute Gasteiger partial charge is 0.308 e. The van der Waals surface area contributed by atoms with Gasteiger partial charge in [-0.2, -0.15) is 4.98 Å². The Balaban J connectivity index is 1.33. The van der Waals surface area contributed by atoms with Crippen LogP contribution in [0.5, 0.6) is 0 Å². The molecule has 0 aliphatic rings. The normalized spacial score (nSPS) is 11.8. The summed E-state index contributed by atoms with van der Waals surface area (Å²) in [6, 6.07) is 19.4. The van der Waals surface area contributed by atoms with Crippen LogP contribution in [0.4, 0.5) is 0 Å². The Bertz CT molecular complexity index is 1670. The Labute approximate surface area is 209 Å². The molecule has 8 nitrogen and oxygen atoms in total. The number of aromatic nitrogens is 3. The fourth-order valence-electron chi connectivity index (χ4n) is 3.52. The van der Waals surface area contributed by atoms with Gasteiger partial charge in [0.05, 0.1) is 28.2 Å². The maximum atomic E-state index is 12.9. The zero-order valence-corrected chi connectivity index (χ0v) is 20.8. The van der Waals surface area contributed by atoms with Crippen molar-refractivity contribution in [1.82, 2.24) is 19.4 Å². The van der Waals surface area contributed by atoms with Gasteiger partial charge in [-0.3, -0.25) is 9.36 Å². The second kappa shape index (κ2) is 9.38. The van der Waals surface area contributed by atoms with Gasteiger partial charge >= 0.3 is 4.87 Å². The standard InChI is InChI=1S/C24H19ClN4O4S2/c1-15-2-6-17(7-3-15)23-27-22(33-28-23)13-26-35(31,32)19-10-11-20-21(12-19)34-24(30)29(20)14-16-4-8-18(25)9-5-16/h2-12,26H,13-14H2,1H3. The first-order chi connectivity index (χ1) is 16.8. The molecule has 0 bridgehead atoms. The first-order valence-electron chi connectivity index (χ1n) is 10.6. The van der Waals surface area contributed by atoms with Crippen LogP contribution in [-0.2, 0) is 23.1 Å². The monoisotopic (exact) mass is 526 g/mol. The van der Waals surface area contributed by atoms with Gasteiger partial charge in [-0.25, -0.2) is 13.1 Å². The summed E-state index contributed by atoms with van der Waals surface area (Å²) in [7, 11) is -3.88. The molecule has 0 aliphatic carbocycles. The highest BCUT2D eigenvalue weighted by Gasteiger charge is 2.19. The van der Waals surface area contributed by atoms with Crippen LogP contribution in [0.25, 0.3) is 21.6 Å². The minimum Gasteiger partial charge on any atom is -0.338 e. The predicted octanol–water partition coefficient (Wildman–Crippen LogP) is 4.60. The number of thiazole rings is 1. The molecule has 5 rings (SSSR count). The molecule has 0 spiro atoms. The van der Waals surface area contributed by atoms with Crippen molar-refractivity contribution < 1.29 is 12.9 Å². The summed E-state index contributed by atoms with van der Waals surface area (Å²) in [5.41, 5.74) is 3.46. The quantitative estimate of drug-likeness (QED) is 0.332. The first kappa shape index (κ1) is 23.4. The second-order valence-electron chi connectivity index (χ2n) is 7.91. The van der Waals surface area contributed by atoms with E-state index in [0.717, 1.165) is 28.0 Å². The Kier molecular flexibility index (Phi) is 6.28. The van der Waals surface area contributed by atoms with Gasteiger partial charge < -0.3 is 4.52 Å². The Morgan fingerprint density at radius 3 is 2.54 bits per heavy atom. The van der Waals surface area contributed by atoms with Crippen molar-refractivity contribution in [3.8, 4) is 11.4 Å². The molecule has 35 heavy (non-hydrogen) atoms. The van der Waals surface area contributed by atoms with Crippen LogP contribution < -0.4 is 9.60 Å². The molecule has 0 aliphatic heterocycles. The summed E-state index contributed by atoms with van der Waals surface area (Å²) in [4.78, 5) is 16.7. The molecular formula is C24H19ClN4O4S2. The molecule has 0 atom stereocenters. The van der Waals surface area contributed by atoms with Crippen LogP contribution in [0.2, 0.25) is 5.02 Å². The predicted molar refractivity (Wildman–Crippen MR) is 135 cm³/mol. The number of hydrogen-bond acceptors (Lipinski definition) is 7. The van der Waals surface area contributed by atoms with Gasteiger partial charge in [0, 0.05) is 10.6 Å². The maximum absolute atomic E-state index is 12.9. The van der Waals surface area contributed by atoms with Gasteiger partial charge in [-0.1, -0.05) is 70.1 Å². The van der Waals surface area contributed by atoms with E-state index >= 15 is 0 Å². The van der Waals surface area contributed by atoms with Crippen LogP contribution in [-0.4, -0.2) is 23.1 Å². The second-order valence-corrected chi connectivity index (χ2v) is 11.1. The van der Waals surface area contributed by atoms with Gasteiger partial charge in [0.25, 0.3) is 0 Å². The number of benzene rings is 3. The third-order valence-electron chi connectivity index (χ3n) is 5.40. The molecule has 0 saturated heterocycles. The molecule has 2 aromatic heterocycles. The van der Waals surface area contributed by atoms with Gasteiger partial charge in [0.15, 0.2) is 0 Å². The topological polar surface area (TPSA) is 107 Å². The van der Waals surface area contributed by atoms with Gasteiger partial charge in [0.1, 0.15) is 0 Å². The highest BCUT2D eigenvalue weighted by molar-refractivity contribution is 7.89. The lowest BCUT2D eigenvalue weighted by Crippen LogP contribution is -2.23. The molecule has 3 aromatic carbocycles. The molecule has 178 valence electrons. The average Bonchev–Trinajstić information content (AvgIpc) is 3.44. The molecule has 1 N–H and O–H groups in total. The van der Waals surface area contributed by atoms with Crippen LogP contribution in [0.15, 0.2) is 80.9 Å². The number of aryl methyl sites for hydroxylation is 1. The first-order valence-corrected chi connectivity index (χ1v) is 13.2. The number of nitrogens with zero attached hydrogens (tertiary/aromatic N) is 3. The fourth-order valence-corrected chi connectivity index (χ4v) is 5.65. The molecular weight excluding hydrogens is 508 g/mol. The summed E-state index contributed by atoms with van der Waals surface area (Å²) < 4.78 is 35.6. The Morgan fingerprint density at radius 1 is 1.06 bits per heavy atom. The van der Waals surface area contributed by atoms with Crippen molar-refractivity contribution in [3.63, 3.8) is 0 Å². The van der Waals surface area contributed by atoms with Crippen LogP contribution in [0.3, 0.4) is 0 Å². The van der Waals surface area contributed by atoms with Crippen molar-refractivity contribution in [1.29, 1.82) is 0 Å². The number of fused-ring (bicyclic) bond motifs is 1. The lowest BCUT2D eigenvalue weighted by molar-refractivity contribution is 0.376. The molecule has 5 aromatic rings. The van der Waals surface area contributed by atoms with Crippen LogP contribution in [0.1, 0.15) is 17.0 Å². The lowest BCUT2D eigenvalue weighted by Gasteiger charge is -2.07. The summed E-state index contributed by atoms with van der Waals surface area (Å²) in [6.45, 7) is 2.18. The molecule has 0 unspecified atom stereocenters. The van der Waals surface area contributed by atoms with Crippen molar-refractivity contribution in [2.45, 2.75) is 24.9 Å². The number of hydrogen-bond donors (Lipinski definition) is 1. The van der Waals surface area contributed by atoms with E-state index < -0.39 is 10.0 Å². The van der Waals surface area contributed by atoms with E-state index in [9.17, 15) is 13.2 Å². The Morgan fingerprint density at radius 2 is 1.80 bits per heavy atom. The number of nitrogens with one attached hydrogen (secondary N) is 1. The van der Waals surface area contributed by atoms with E-state index in [4.69, 9.17) is 16.1 Å². The zero-order chi connectivity index (χ0) is 24.6. The van der Waals surface area contributed by atoms with E-state index in [0.29, 0.717) is 27.6 Å². The van der Waals surface area contributed by atoms with Gasteiger partial charge in [-0.05, 0) is 42.8 Å². The number of sulfonamides is 1.